The quantitative estimate of drug-likeness (QED) is 0.536. The van der Waals surface area contributed by atoms with Crippen LogP contribution in [-0.2, 0) is 11.4 Å². The molecule has 4 rings (SSSR count). The largest absolute Gasteiger partial charge is 0.392 e. The summed E-state index contributed by atoms with van der Waals surface area (Å²) in [5.74, 6) is -0.290. The van der Waals surface area contributed by atoms with E-state index in [4.69, 9.17) is 0 Å². The lowest BCUT2D eigenvalue weighted by molar-refractivity contribution is -0.117. The number of halogens is 1. The Morgan fingerprint density at radius 3 is 2.79 bits per heavy atom. The average molecular weight is 470 g/mol. The van der Waals surface area contributed by atoms with E-state index in [1.165, 1.54) is 16.3 Å². The second-order valence-corrected chi connectivity index (χ2v) is 8.11. The third kappa shape index (κ3) is 4.16. The summed E-state index contributed by atoms with van der Waals surface area (Å²) in [5.41, 5.74) is 3.60. The smallest absolute Gasteiger partial charge is 0.282 e. The van der Waals surface area contributed by atoms with Crippen LogP contribution in [0.2, 0.25) is 0 Å². The highest BCUT2D eigenvalue weighted by Crippen LogP contribution is 2.31. The fraction of sp³-hybridized carbons (Fsp3) is 0.150. The van der Waals surface area contributed by atoms with Gasteiger partial charge in [-0.2, -0.15) is 20.3 Å². The van der Waals surface area contributed by atoms with E-state index in [2.05, 4.69) is 36.2 Å². The Morgan fingerprint density at radius 2 is 2.03 bits per heavy atom. The number of aliphatic hydroxyl groups excluding tert-OH is 1. The molecular formula is C20H16BrN5O2S. The first-order chi connectivity index (χ1) is 14.0. The number of hydrogen-bond acceptors (Lipinski definition) is 7. The van der Waals surface area contributed by atoms with Crippen LogP contribution in [0.5, 0.6) is 0 Å². The van der Waals surface area contributed by atoms with Gasteiger partial charge >= 0.3 is 0 Å². The first kappa shape index (κ1) is 19.6. The normalized spacial score (nSPS) is 16.7. The molecule has 1 aliphatic heterocycles. The maximum Gasteiger partial charge on any atom is 0.282 e. The van der Waals surface area contributed by atoms with Crippen molar-refractivity contribution in [3.63, 3.8) is 0 Å². The number of carbonyl (C=O) groups excluding carboxylic acids is 1. The van der Waals surface area contributed by atoms with Gasteiger partial charge in [0, 0.05) is 15.4 Å². The minimum atomic E-state index is -0.784. The Kier molecular flexibility index (Phi) is 5.61. The molecule has 1 atom stereocenters. The zero-order valence-corrected chi connectivity index (χ0v) is 17.8. The molecular weight excluding hydrogens is 454 g/mol. The average Bonchev–Trinajstić information content (AvgIpc) is 3.32. The highest BCUT2D eigenvalue weighted by molar-refractivity contribution is 9.10. The molecule has 0 saturated carbocycles. The molecule has 1 unspecified atom stereocenters. The molecule has 0 fully saturated rings. The Labute approximate surface area is 179 Å². The van der Waals surface area contributed by atoms with Crippen molar-refractivity contribution >= 4 is 49.7 Å². The van der Waals surface area contributed by atoms with Gasteiger partial charge in [-0.25, -0.2) is 4.98 Å². The third-order valence-electron chi connectivity index (χ3n) is 4.29. The van der Waals surface area contributed by atoms with Crippen molar-refractivity contribution in [1.82, 2.24) is 4.98 Å². The molecule has 7 nitrogen and oxygen atoms in total. The van der Waals surface area contributed by atoms with Crippen LogP contribution >= 0.6 is 27.3 Å². The summed E-state index contributed by atoms with van der Waals surface area (Å²) in [6.45, 7) is 1.67. The molecule has 2 heterocycles. The number of thiazole rings is 1. The number of hydrazone groups is 1. The van der Waals surface area contributed by atoms with E-state index < -0.39 is 6.04 Å². The van der Waals surface area contributed by atoms with Crippen molar-refractivity contribution in [2.45, 2.75) is 19.6 Å². The van der Waals surface area contributed by atoms with Gasteiger partial charge in [-0.1, -0.05) is 40.2 Å². The van der Waals surface area contributed by atoms with Crippen molar-refractivity contribution < 1.29 is 9.90 Å². The van der Waals surface area contributed by atoms with E-state index in [1.807, 2.05) is 29.6 Å². The Balaban J connectivity index is 1.53. The van der Waals surface area contributed by atoms with Crippen LogP contribution in [0.15, 0.2) is 73.7 Å². The van der Waals surface area contributed by atoms with Gasteiger partial charge in [0.25, 0.3) is 5.91 Å². The fourth-order valence-corrected chi connectivity index (χ4v) is 3.83. The van der Waals surface area contributed by atoms with E-state index in [0.717, 1.165) is 21.3 Å². The van der Waals surface area contributed by atoms with Gasteiger partial charge in [0.2, 0.25) is 5.13 Å². The zero-order valence-electron chi connectivity index (χ0n) is 15.4. The second kappa shape index (κ2) is 8.32. The molecule has 0 spiro atoms. The third-order valence-corrected chi connectivity index (χ3v) is 5.64. The molecule has 1 N–H and O–H groups in total. The number of benzene rings is 2. The van der Waals surface area contributed by atoms with E-state index in [-0.39, 0.29) is 12.5 Å². The van der Waals surface area contributed by atoms with Crippen LogP contribution in [0, 0.1) is 0 Å². The molecule has 1 aliphatic rings. The fourth-order valence-electron chi connectivity index (χ4n) is 2.78. The van der Waals surface area contributed by atoms with Crippen molar-refractivity contribution in [3.8, 4) is 11.3 Å². The number of azo groups is 1. The molecule has 0 saturated heterocycles. The van der Waals surface area contributed by atoms with E-state index in [9.17, 15) is 9.90 Å². The summed E-state index contributed by atoms with van der Waals surface area (Å²) >= 11 is 4.77. The molecule has 1 amide bonds. The number of hydrogen-bond donors (Lipinski definition) is 1. The summed E-state index contributed by atoms with van der Waals surface area (Å²) in [5, 5.41) is 25.6. The van der Waals surface area contributed by atoms with Crippen LogP contribution in [0.1, 0.15) is 12.5 Å². The van der Waals surface area contributed by atoms with Crippen molar-refractivity contribution in [3.05, 3.63) is 63.9 Å². The Hall–Kier alpha value is -2.75. The molecule has 1 aromatic heterocycles. The van der Waals surface area contributed by atoms with Gasteiger partial charge < -0.3 is 5.11 Å². The molecule has 9 heteroatoms. The lowest BCUT2D eigenvalue weighted by atomic mass is 10.2. The summed E-state index contributed by atoms with van der Waals surface area (Å²) in [4.78, 5) is 17.4. The SMILES string of the molecule is CC1=NN(c2nc(-c3ccc(Br)cc3)cs2)C(=O)C1N=Nc1cccc(CO)c1. The summed E-state index contributed by atoms with van der Waals surface area (Å²) < 4.78 is 0.990. The minimum absolute atomic E-state index is 0.0786. The second-order valence-electron chi connectivity index (χ2n) is 6.36. The van der Waals surface area contributed by atoms with Gasteiger partial charge in [-0.05, 0) is 36.8 Å². The number of aromatic nitrogens is 1. The first-order valence-electron chi connectivity index (χ1n) is 8.76. The molecule has 0 aliphatic carbocycles. The number of carbonyl (C=O) groups is 1. The topological polar surface area (TPSA) is 90.5 Å². The Bertz CT molecular complexity index is 1110. The lowest BCUT2D eigenvalue weighted by Crippen LogP contribution is -2.29. The first-order valence-corrected chi connectivity index (χ1v) is 10.4. The van der Waals surface area contributed by atoms with Crippen molar-refractivity contribution in [2.24, 2.45) is 15.3 Å². The zero-order chi connectivity index (χ0) is 20.4. The van der Waals surface area contributed by atoms with Gasteiger partial charge in [0.05, 0.1) is 23.7 Å². The maximum atomic E-state index is 12.8. The number of amides is 1. The van der Waals surface area contributed by atoms with E-state index in [1.54, 1.807) is 31.2 Å². The standard InChI is InChI=1S/C20H16BrN5O2S/c1-12-18(24-23-16-4-2-3-13(9-16)10-27)19(28)26(25-12)20-22-17(11-29-20)14-5-7-15(21)8-6-14/h2-9,11,18,27H,10H2,1H3. The van der Waals surface area contributed by atoms with E-state index >= 15 is 0 Å². The van der Waals surface area contributed by atoms with Crippen LogP contribution in [0.4, 0.5) is 10.8 Å². The number of nitrogens with zero attached hydrogens (tertiary/aromatic N) is 5. The van der Waals surface area contributed by atoms with Gasteiger partial charge in [-0.15, -0.1) is 11.3 Å². The predicted octanol–water partition coefficient (Wildman–Crippen LogP) is 4.94. The summed E-state index contributed by atoms with van der Waals surface area (Å²) in [6, 6.07) is 14.1. The number of aliphatic hydroxyl groups is 1. The van der Waals surface area contributed by atoms with Crippen LogP contribution in [0.3, 0.4) is 0 Å². The molecule has 146 valence electrons. The van der Waals surface area contributed by atoms with E-state index in [0.29, 0.717) is 16.5 Å². The Morgan fingerprint density at radius 1 is 1.24 bits per heavy atom. The predicted molar refractivity (Wildman–Crippen MR) is 117 cm³/mol. The van der Waals surface area contributed by atoms with Crippen LogP contribution in [0.25, 0.3) is 11.3 Å². The van der Waals surface area contributed by atoms with Gasteiger partial charge in [0.1, 0.15) is 0 Å². The molecule has 0 bridgehead atoms. The number of rotatable bonds is 5. The van der Waals surface area contributed by atoms with Crippen LogP contribution in [-0.4, -0.2) is 27.8 Å². The molecule has 2 aromatic carbocycles. The summed E-state index contributed by atoms with van der Waals surface area (Å²) in [7, 11) is 0. The summed E-state index contributed by atoms with van der Waals surface area (Å²) in [6.07, 6.45) is 0. The highest BCUT2D eigenvalue weighted by atomic mass is 79.9. The van der Waals surface area contributed by atoms with Gasteiger partial charge in [0.15, 0.2) is 6.04 Å². The van der Waals surface area contributed by atoms with Crippen molar-refractivity contribution in [2.75, 3.05) is 5.01 Å². The maximum absolute atomic E-state index is 12.8. The highest BCUT2D eigenvalue weighted by Gasteiger charge is 2.36. The molecule has 29 heavy (non-hydrogen) atoms. The minimum Gasteiger partial charge on any atom is -0.392 e. The lowest BCUT2D eigenvalue weighted by Gasteiger charge is -2.08. The number of anilines is 1. The molecule has 3 aromatic rings. The molecule has 0 radical (unpaired) electrons. The van der Waals surface area contributed by atoms with Crippen LogP contribution < -0.4 is 5.01 Å². The van der Waals surface area contributed by atoms with Crippen molar-refractivity contribution in [1.29, 1.82) is 0 Å². The van der Waals surface area contributed by atoms with Gasteiger partial charge in [-0.3, -0.25) is 4.79 Å². The monoisotopic (exact) mass is 469 g/mol.